The van der Waals surface area contributed by atoms with Crippen molar-refractivity contribution >= 4 is 11.9 Å². The third kappa shape index (κ3) is 3.71. The van der Waals surface area contributed by atoms with Crippen molar-refractivity contribution in [2.45, 2.75) is 13.8 Å². The van der Waals surface area contributed by atoms with Gasteiger partial charge in [-0.25, -0.2) is 0 Å². The first kappa shape index (κ1) is 14.7. The molecule has 6 nitrogen and oxygen atoms in total. The molecule has 0 amide bonds. The third-order valence-corrected chi connectivity index (χ3v) is 3.56. The predicted octanol–water partition coefficient (Wildman–Crippen LogP) is 2.07. The first-order chi connectivity index (χ1) is 10.7. The molecule has 0 bridgehead atoms. The van der Waals surface area contributed by atoms with Crippen molar-refractivity contribution in [2.75, 3.05) is 36.5 Å². The van der Waals surface area contributed by atoms with E-state index < -0.39 is 0 Å². The van der Waals surface area contributed by atoms with Gasteiger partial charge in [0.15, 0.2) is 0 Å². The van der Waals surface area contributed by atoms with E-state index in [0.29, 0.717) is 36.9 Å². The van der Waals surface area contributed by atoms with Crippen molar-refractivity contribution in [3.63, 3.8) is 0 Å². The predicted molar refractivity (Wildman–Crippen MR) is 86.7 cm³/mol. The smallest absolute Gasteiger partial charge is 0.232 e. The number of hydrogen-bond acceptors (Lipinski definition) is 6. The molecule has 22 heavy (non-hydrogen) atoms. The van der Waals surface area contributed by atoms with Gasteiger partial charge in [0, 0.05) is 18.8 Å². The number of rotatable bonds is 3. The lowest BCUT2D eigenvalue weighted by atomic mass is 10.2. The van der Waals surface area contributed by atoms with Crippen LogP contribution in [0.5, 0.6) is 0 Å². The highest BCUT2D eigenvalue weighted by Gasteiger charge is 2.15. The highest BCUT2D eigenvalue weighted by molar-refractivity contribution is 5.46. The van der Waals surface area contributed by atoms with Crippen LogP contribution in [0.4, 0.5) is 11.9 Å². The molecule has 2 heterocycles. The van der Waals surface area contributed by atoms with Crippen LogP contribution in [-0.4, -0.2) is 41.3 Å². The fraction of sp³-hybridized carbons (Fsp3) is 0.438. The van der Waals surface area contributed by atoms with E-state index in [1.807, 2.05) is 19.1 Å². The number of ether oxygens (including phenoxy) is 1. The summed E-state index contributed by atoms with van der Waals surface area (Å²) in [4.78, 5) is 15.5. The molecule has 0 saturated carbocycles. The van der Waals surface area contributed by atoms with Crippen molar-refractivity contribution in [3.8, 4) is 0 Å². The third-order valence-electron chi connectivity index (χ3n) is 3.56. The largest absolute Gasteiger partial charge is 0.378 e. The summed E-state index contributed by atoms with van der Waals surface area (Å²) >= 11 is 0. The molecule has 1 fully saturated rings. The Morgan fingerprint density at radius 3 is 2.82 bits per heavy atom. The molecule has 0 spiro atoms. The summed E-state index contributed by atoms with van der Waals surface area (Å²) in [7, 11) is 0. The number of nitrogens with zero attached hydrogens (tertiary/aromatic N) is 4. The Hall–Kier alpha value is -2.21. The Labute approximate surface area is 130 Å². The second-order valence-corrected chi connectivity index (χ2v) is 5.46. The monoisotopic (exact) mass is 299 g/mol. The van der Waals surface area contributed by atoms with Gasteiger partial charge in [0.05, 0.1) is 13.2 Å². The molecule has 1 saturated heterocycles. The van der Waals surface area contributed by atoms with E-state index in [1.54, 1.807) is 0 Å². The molecule has 6 heteroatoms. The molecule has 1 aromatic rings. The Morgan fingerprint density at radius 1 is 1.18 bits per heavy atom. The zero-order valence-corrected chi connectivity index (χ0v) is 13.0. The van der Waals surface area contributed by atoms with E-state index in [2.05, 4.69) is 50.3 Å². The number of morpholine rings is 1. The average Bonchev–Trinajstić information content (AvgIpc) is 2.72. The normalized spacial score (nSPS) is 21.5. The van der Waals surface area contributed by atoms with E-state index in [9.17, 15) is 0 Å². The Bertz CT molecular complexity index is 617. The van der Waals surface area contributed by atoms with Gasteiger partial charge in [-0.15, -0.1) is 0 Å². The lowest BCUT2D eigenvalue weighted by molar-refractivity contribution is 0.122. The van der Waals surface area contributed by atoms with Gasteiger partial charge in [0.1, 0.15) is 5.82 Å². The number of aromatic nitrogens is 3. The Morgan fingerprint density at radius 2 is 2.00 bits per heavy atom. The van der Waals surface area contributed by atoms with Crippen LogP contribution in [0.1, 0.15) is 12.7 Å². The molecular formula is C16H21N5O. The summed E-state index contributed by atoms with van der Waals surface area (Å²) in [5, 5.41) is 3.26. The highest BCUT2D eigenvalue weighted by Crippen LogP contribution is 2.15. The van der Waals surface area contributed by atoms with Crippen LogP contribution in [0.2, 0.25) is 0 Å². The number of aryl methyl sites for hydroxylation is 1. The fourth-order valence-electron chi connectivity index (χ4n) is 2.35. The zero-order chi connectivity index (χ0) is 15.4. The lowest BCUT2D eigenvalue weighted by Crippen LogP contribution is -2.37. The van der Waals surface area contributed by atoms with Crippen molar-refractivity contribution in [3.05, 3.63) is 41.9 Å². The first-order valence-electron chi connectivity index (χ1n) is 7.60. The maximum absolute atomic E-state index is 5.37. The van der Waals surface area contributed by atoms with Crippen LogP contribution >= 0.6 is 0 Å². The highest BCUT2D eigenvalue weighted by atomic mass is 16.5. The molecule has 1 aromatic heterocycles. The molecule has 1 N–H and O–H groups in total. The number of nitrogens with one attached hydrogen (secondary N) is 1. The molecule has 1 unspecified atom stereocenters. The van der Waals surface area contributed by atoms with Gasteiger partial charge in [0.25, 0.3) is 0 Å². The zero-order valence-electron chi connectivity index (χ0n) is 13.0. The van der Waals surface area contributed by atoms with Crippen LogP contribution in [0.25, 0.3) is 0 Å². The molecule has 1 aliphatic heterocycles. The van der Waals surface area contributed by atoms with E-state index in [1.165, 1.54) is 0 Å². The molecule has 116 valence electrons. The van der Waals surface area contributed by atoms with Gasteiger partial charge in [-0.3, -0.25) is 0 Å². The quantitative estimate of drug-likeness (QED) is 0.922. The van der Waals surface area contributed by atoms with E-state index in [4.69, 9.17) is 4.74 Å². The number of hydrogen-bond donors (Lipinski definition) is 1. The number of allylic oxidation sites excluding steroid dienone is 5. The van der Waals surface area contributed by atoms with E-state index in [0.717, 1.165) is 18.8 Å². The molecule has 2 aliphatic rings. The molecule has 0 aromatic carbocycles. The molecule has 1 atom stereocenters. The summed E-state index contributed by atoms with van der Waals surface area (Å²) in [6.45, 7) is 7.08. The van der Waals surface area contributed by atoms with Gasteiger partial charge < -0.3 is 15.0 Å². The Balaban J connectivity index is 1.79. The van der Waals surface area contributed by atoms with E-state index >= 15 is 0 Å². The van der Waals surface area contributed by atoms with Gasteiger partial charge in [0.2, 0.25) is 11.9 Å². The Kier molecular flexibility index (Phi) is 4.48. The molecule has 0 radical (unpaired) electrons. The minimum absolute atomic E-state index is 0.430. The summed E-state index contributed by atoms with van der Waals surface area (Å²) < 4.78 is 5.37. The van der Waals surface area contributed by atoms with Gasteiger partial charge >= 0.3 is 0 Å². The van der Waals surface area contributed by atoms with Gasteiger partial charge in [-0.1, -0.05) is 25.2 Å². The van der Waals surface area contributed by atoms with Crippen LogP contribution in [-0.2, 0) is 4.74 Å². The van der Waals surface area contributed by atoms with Crippen molar-refractivity contribution in [2.24, 2.45) is 5.92 Å². The standard InChI is InChI=1S/C16H21N5O/c1-12-4-3-5-14(7-6-12)19-15-17-13(2)18-16(20-15)21-8-10-22-11-9-21/h3-7,12H,8-11H2,1-2H3,(H,17,18,19,20). The maximum atomic E-state index is 5.37. The topological polar surface area (TPSA) is 63.2 Å². The van der Waals surface area contributed by atoms with Crippen LogP contribution in [0.15, 0.2) is 36.1 Å². The summed E-state index contributed by atoms with van der Waals surface area (Å²) in [6.07, 6.45) is 10.4. The summed E-state index contributed by atoms with van der Waals surface area (Å²) in [6, 6.07) is 0. The van der Waals surface area contributed by atoms with Crippen molar-refractivity contribution in [1.29, 1.82) is 0 Å². The summed E-state index contributed by atoms with van der Waals surface area (Å²) in [5.41, 5.74) is 0.971. The van der Waals surface area contributed by atoms with Gasteiger partial charge in [-0.05, 0) is 25.0 Å². The van der Waals surface area contributed by atoms with E-state index in [-0.39, 0.29) is 0 Å². The second-order valence-electron chi connectivity index (χ2n) is 5.46. The van der Waals surface area contributed by atoms with Crippen molar-refractivity contribution in [1.82, 2.24) is 15.0 Å². The average molecular weight is 299 g/mol. The minimum Gasteiger partial charge on any atom is -0.378 e. The lowest BCUT2D eigenvalue weighted by Gasteiger charge is -2.27. The van der Waals surface area contributed by atoms with Crippen LogP contribution in [0.3, 0.4) is 0 Å². The number of anilines is 2. The van der Waals surface area contributed by atoms with Crippen molar-refractivity contribution < 1.29 is 4.74 Å². The molecule has 1 aliphatic carbocycles. The maximum Gasteiger partial charge on any atom is 0.232 e. The second kappa shape index (κ2) is 6.70. The first-order valence-corrected chi connectivity index (χ1v) is 7.60. The summed E-state index contributed by atoms with van der Waals surface area (Å²) in [5.74, 6) is 2.42. The SMILES string of the molecule is Cc1nc(NC2=CC=CC(C)C=C2)nc(N2CCOCC2)n1. The van der Waals surface area contributed by atoms with Crippen LogP contribution in [0, 0.1) is 12.8 Å². The minimum atomic E-state index is 0.430. The molecular weight excluding hydrogens is 278 g/mol. The van der Waals surface area contributed by atoms with Crippen LogP contribution < -0.4 is 10.2 Å². The molecule has 3 rings (SSSR count). The fourth-order valence-corrected chi connectivity index (χ4v) is 2.35. The van der Waals surface area contributed by atoms with Gasteiger partial charge in [-0.2, -0.15) is 15.0 Å².